The fraction of sp³-hybridized carbons (Fsp3) is 0.857. The molecule has 2 saturated heterocycles. The maximum atomic E-state index is 12.1. The zero-order chi connectivity index (χ0) is 14.5. The second-order valence-corrected chi connectivity index (χ2v) is 5.35. The summed E-state index contributed by atoms with van der Waals surface area (Å²) in [7, 11) is 0. The predicted molar refractivity (Wildman–Crippen MR) is 69.0 cm³/mol. The minimum atomic E-state index is -0.499. The lowest BCUT2D eigenvalue weighted by Crippen LogP contribution is -2.32. The fourth-order valence-corrected chi connectivity index (χ4v) is 1.96. The Morgan fingerprint density at radius 3 is 2.05 bits per heavy atom. The van der Waals surface area contributed by atoms with E-state index in [1.807, 2.05) is 6.92 Å². The number of carbonyl (C=O) groups is 2. The Morgan fingerprint density at radius 1 is 1.10 bits per heavy atom. The summed E-state index contributed by atoms with van der Waals surface area (Å²) < 4.78 is 20.3. The van der Waals surface area contributed by atoms with Crippen LogP contribution in [-0.2, 0) is 28.5 Å². The van der Waals surface area contributed by atoms with Crippen molar-refractivity contribution < 1.29 is 28.5 Å². The molecule has 0 aromatic heterocycles. The molecule has 20 heavy (non-hydrogen) atoms. The van der Waals surface area contributed by atoms with Gasteiger partial charge in [-0.3, -0.25) is 9.59 Å². The molecule has 0 aromatic carbocycles. The molecule has 0 amide bonds. The Hall–Kier alpha value is -1.14. The van der Waals surface area contributed by atoms with Crippen LogP contribution in [0.1, 0.15) is 26.7 Å². The zero-order valence-electron chi connectivity index (χ0n) is 12.0. The quantitative estimate of drug-likeness (QED) is 0.463. The molecule has 2 aliphatic rings. The Kier molecular flexibility index (Phi) is 5.37. The highest BCUT2D eigenvalue weighted by atomic mass is 16.6. The largest absolute Gasteiger partial charge is 0.463 e. The van der Waals surface area contributed by atoms with Gasteiger partial charge in [0.05, 0.1) is 25.0 Å². The number of rotatable bonds is 9. The Labute approximate surface area is 118 Å². The third-order valence-corrected chi connectivity index (χ3v) is 3.51. The third-order valence-electron chi connectivity index (χ3n) is 3.51. The first kappa shape index (κ1) is 15.3. The molecule has 2 fully saturated rings. The van der Waals surface area contributed by atoms with E-state index in [9.17, 15) is 9.59 Å². The van der Waals surface area contributed by atoms with Crippen LogP contribution in [0.2, 0.25) is 0 Å². The van der Waals surface area contributed by atoms with E-state index in [0.29, 0.717) is 19.6 Å². The summed E-state index contributed by atoms with van der Waals surface area (Å²) in [5.41, 5.74) is 0. The number of hydrogen-bond acceptors (Lipinski definition) is 6. The van der Waals surface area contributed by atoms with Crippen LogP contribution >= 0.6 is 0 Å². The summed E-state index contributed by atoms with van der Waals surface area (Å²) in [5.74, 6) is -1.65. The summed E-state index contributed by atoms with van der Waals surface area (Å²) in [6.45, 7) is 5.52. The summed E-state index contributed by atoms with van der Waals surface area (Å²) >= 11 is 0. The lowest BCUT2D eigenvalue weighted by molar-refractivity contribution is -0.161. The average Bonchev–Trinajstić information content (AvgIpc) is 3.32. The van der Waals surface area contributed by atoms with Gasteiger partial charge in [0.1, 0.15) is 25.4 Å². The van der Waals surface area contributed by atoms with Gasteiger partial charge in [0, 0.05) is 0 Å². The predicted octanol–water partition coefficient (Wildman–Crippen LogP) is 0.923. The van der Waals surface area contributed by atoms with Gasteiger partial charge >= 0.3 is 11.9 Å². The van der Waals surface area contributed by atoms with E-state index in [0.717, 1.165) is 6.42 Å². The van der Waals surface area contributed by atoms with E-state index in [-0.39, 0.29) is 37.4 Å². The molecule has 4 atom stereocenters. The van der Waals surface area contributed by atoms with Crippen LogP contribution in [0.25, 0.3) is 0 Å². The van der Waals surface area contributed by atoms with E-state index in [2.05, 4.69) is 0 Å². The Bertz CT molecular complexity index is 348. The zero-order valence-corrected chi connectivity index (χ0v) is 12.0. The first-order valence-corrected chi connectivity index (χ1v) is 7.18. The molecule has 114 valence electrons. The van der Waals surface area contributed by atoms with Crippen molar-refractivity contribution in [2.45, 2.75) is 38.9 Å². The van der Waals surface area contributed by atoms with Crippen LogP contribution in [0, 0.1) is 11.8 Å². The molecule has 0 aromatic rings. The standard InChI is InChI=1S/C14H22O6/c1-3-4-12(14(16)20-8-11-6-18-11)9(2)13(15)19-7-10-5-17-10/h9-12H,3-8H2,1-2H3. The van der Waals surface area contributed by atoms with Crippen LogP contribution in [0.15, 0.2) is 0 Å². The Morgan fingerprint density at radius 2 is 1.60 bits per heavy atom. The molecule has 0 N–H and O–H groups in total. The van der Waals surface area contributed by atoms with Crippen LogP contribution in [-0.4, -0.2) is 50.6 Å². The maximum Gasteiger partial charge on any atom is 0.309 e. The summed E-state index contributed by atoms with van der Waals surface area (Å²) in [6, 6.07) is 0. The summed E-state index contributed by atoms with van der Waals surface area (Å²) in [4.78, 5) is 24.0. The molecule has 6 nitrogen and oxygen atoms in total. The smallest absolute Gasteiger partial charge is 0.309 e. The second-order valence-electron chi connectivity index (χ2n) is 5.35. The van der Waals surface area contributed by atoms with Crippen LogP contribution in [0.3, 0.4) is 0 Å². The highest BCUT2D eigenvalue weighted by molar-refractivity contribution is 5.81. The van der Waals surface area contributed by atoms with Crippen molar-refractivity contribution in [2.75, 3.05) is 26.4 Å². The van der Waals surface area contributed by atoms with Gasteiger partial charge in [-0.2, -0.15) is 0 Å². The van der Waals surface area contributed by atoms with Crippen molar-refractivity contribution in [1.29, 1.82) is 0 Å². The molecule has 4 unspecified atom stereocenters. The molecule has 0 spiro atoms. The average molecular weight is 286 g/mol. The van der Waals surface area contributed by atoms with E-state index in [4.69, 9.17) is 18.9 Å². The number of hydrogen-bond donors (Lipinski definition) is 0. The third kappa shape index (κ3) is 4.76. The topological polar surface area (TPSA) is 77.7 Å². The molecule has 0 aliphatic carbocycles. The second kappa shape index (κ2) is 7.04. The Balaban J connectivity index is 1.79. The molecule has 0 bridgehead atoms. The van der Waals surface area contributed by atoms with Gasteiger partial charge < -0.3 is 18.9 Å². The lowest BCUT2D eigenvalue weighted by Gasteiger charge is -2.20. The first-order valence-electron chi connectivity index (χ1n) is 7.18. The van der Waals surface area contributed by atoms with E-state index in [1.165, 1.54) is 0 Å². The SMILES string of the molecule is CCCC(C(=O)OCC1CO1)C(C)C(=O)OCC1CO1. The van der Waals surface area contributed by atoms with E-state index >= 15 is 0 Å². The molecular weight excluding hydrogens is 264 g/mol. The number of epoxide rings is 2. The molecular formula is C14H22O6. The maximum absolute atomic E-state index is 12.1. The van der Waals surface area contributed by atoms with E-state index < -0.39 is 11.8 Å². The monoisotopic (exact) mass is 286 g/mol. The van der Waals surface area contributed by atoms with Crippen LogP contribution < -0.4 is 0 Å². The molecule has 6 heteroatoms. The highest BCUT2D eigenvalue weighted by Crippen LogP contribution is 2.22. The number of ether oxygens (including phenoxy) is 4. The van der Waals surface area contributed by atoms with Crippen molar-refractivity contribution in [2.24, 2.45) is 11.8 Å². The van der Waals surface area contributed by atoms with Gasteiger partial charge in [-0.25, -0.2) is 0 Å². The van der Waals surface area contributed by atoms with Gasteiger partial charge in [-0.1, -0.05) is 20.3 Å². The van der Waals surface area contributed by atoms with Crippen molar-refractivity contribution in [3.63, 3.8) is 0 Å². The van der Waals surface area contributed by atoms with Crippen LogP contribution in [0.5, 0.6) is 0 Å². The van der Waals surface area contributed by atoms with Gasteiger partial charge in [0.25, 0.3) is 0 Å². The van der Waals surface area contributed by atoms with Gasteiger partial charge in [0.2, 0.25) is 0 Å². The minimum Gasteiger partial charge on any atom is -0.463 e. The molecule has 2 rings (SSSR count). The van der Waals surface area contributed by atoms with Gasteiger partial charge in [-0.05, 0) is 6.42 Å². The first-order chi connectivity index (χ1) is 9.61. The van der Waals surface area contributed by atoms with Crippen LogP contribution in [0.4, 0.5) is 0 Å². The molecule has 2 heterocycles. The molecule has 0 saturated carbocycles. The summed E-state index contributed by atoms with van der Waals surface area (Å²) in [5, 5.41) is 0. The number of esters is 2. The van der Waals surface area contributed by atoms with Crippen molar-refractivity contribution in [3.8, 4) is 0 Å². The number of carbonyl (C=O) groups excluding carboxylic acids is 2. The minimum absolute atomic E-state index is 0.0368. The van der Waals surface area contributed by atoms with Crippen molar-refractivity contribution >= 4 is 11.9 Å². The highest BCUT2D eigenvalue weighted by Gasteiger charge is 2.34. The normalized spacial score (nSPS) is 26.5. The van der Waals surface area contributed by atoms with Crippen molar-refractivity contribution in [1.82, 2.24) is 0 Å². The summed E-state index contributed by atoms with van der Waals surface area (Å²) in [6.07, 6.45) is 1.49. The van der Waals surface area contributed by atoms with Gasteiger partial charge in [-0.15, -0.1) is 0 Å². The van der Waals surface area contributed by atoms with Gasteiger partial charge in [0.15, 0.2) is 0 Å². The van der Waals surface area contributed by atoms with E-state index in [1.54, 1.807) is 6.92 Å². The lowest BCUT2D eigenvalue weighted by atomic mass is 9.90. The molecule has 2 aliphatic heterocycles. The molecule has 0 radical (unpaired) electrons. The van der Waals surface area contributed by atoms with Crippen molar-refractivity contribution in [3.05, 3.63) is 0 Å². The fourth-order valence-electron chi connectivity index (χ4n) is 1.96.